The van der Waals surface area contributed by atoms with Crippen molar-refractivity contribution in [2.75, 3.05) is 32.8 Å². The zero-order valence-corrected chi connectivity index (χ0v) is 26.0. The third-order valence-corrected chi connectivity index (χ3v) is 8.97. The summed E-state index contributed by atoms with van der Waals surface area (Å²) in [6.45, 7) is 8.65. The van der Waals surface area contributed by atoms with E-state index in [1.54, 1.807) is 0 Å². The van der Waals surface area contributed by atoms with Crippen molar-refractivity contribution >= 4 is 0 Å². The van der Waals surface area contributed by atoms with Gasteiger partial charge in [0.1, 0.15) is 0 Å². The third-order valence-electron chi connectivity index (χ3n) is 8.97. The van der Waals surface area contributed by atoms with Crippen LogP contribution in [0.25, 0.3) is 0 Å². The molecule has 4 heteroatoms. The van der Waals surface area contributed by atoms with Gasteiger partial charge in [0.05, 0.1) is 13.2 Å². The highest BCUT2D eigenvalue weighted by atomic mass is 16.7. The van der Waals surface area contributed by atoms with Gasteiger partial charge in [-0.1, -0.05) is 134 Å². The van der Waals surface area contributed by atoms with Crippen LogP contribution in [-0.4, -0.2) is 38.6 Å². The Balaban J connectivity index is 1.89. The number of benzene rings is 1. The van der Waals surface area contributed by atoms with Crippen LogP contribution in [0.5, 0.6) is 0 Å². The number of ether oxygens (including phenoxy) is 2. The van der Waals surface area contributed by atoms with Crippen LogP contribution in [0.3, 0.4) is 0 Å². The molecule has 1 aliphatic heterocycles. The van der Waals surface area contributed by atoms with E-state index >= 15 is 0 Å². The summed E-state index contributed by atoms with van der Waals surface area (Å²) in [6, 6.07) is 11.1. The standard InChI is InChI=1S/C35H64N2O2/c1-3-5-7-9-11-13-15-20-30-38-35(32-36,39-31-21-16-14-12-10-8-6-4-2)25-24-34(26-28-37-29-27-34)33-22-18-17-19-23-33/h17-19,22-23,37H,3-16,20-21,24-32,36H2,1-2H3. The van der Waals surface area contributed by atoms with Gasteiger partial charge in [-0.05, 0) is 56.2 Å². The fourth-order valence-electron chi connectivity index (χ4n) is 6.20. The van der Waals surface area contributed by atoms with Crippen molar-refractivity contribution in [1.29, 1.82) is 0 Å². The number of hydrogen-bond acceptors (Lipinski definition) is 4. The van der Waals surface area contributed by atoms with Crippen molar-refractivity contribution in [3.63, 3.8) is 0 Å². The van der Waals surface area contributed by atoms with E-state index in [0.29, 0.717) is 6.54 Å². The van der Waals surface area contributed by atoms with Crippen molar-refractivity contribution < 1.29 is 9.47 Å². The molecule has 1 aliphatic rings. The molecule has 0 saturated carbocycles. The maximum Gasteiger partial charge on any atom is 0.180 e. The Kier molecular flexibility index (Phi) is 19.1. The molecule has 0 amide bonds. The number of hydrogen-bond donors (Lipinski definition) is 2. The topological polar surface area (TPSA) is 56.5 Å². The number of piperidine rings is 1. The van der Waals surface area contributed by atoms with Gasteiger partial charge in [-0.2, -0.15) is 0 Å². The van der Waals surface area contributed by atoms with E-state index in [1.165, 1.54) is 95.5 Å². The van der Waals surface area contributed by atoms with Gasteiger partial charge in [0.15, 0.2) is 5.79 Å². The Morgan fingerprint density at radius 3 is 1.62 bits per heavy atom. The second kappa shape index (κ2) is 21.8. The lowest BCUT2D eigenvalue weighted by Crippen LogP contribution is -2.47. The fraction of sp³-hybridized carbons (Fsp3) is 0.829. The molecule has 0 atom stereocenters. The predicted octanol–water partition coefficient (Wildman–Crippen LogP) is 9.06. The molecule has 4 nitrogen and oxygen atoms in total. The van der Waals surface area contributed by atoms with Gasteiger partial charge in [0.2, 0.25) is 0 Å². The second-order valence-corrected chi connectivity index (χ2v) is 12.2. The largest absolute Gasteiger partial charge is 0.349 e. The molecule has 1 aromatic rings. The molecule has 1 saturated heterocycles. The molecule has 0 spiro atoms. The SMILES string of the molecule is CCCCCCCCCCOC(CN)(CCC1(c2ccccc2)CCNCC1)OCCCCCCCCCC. The number of nitrogens with one attached hydrogen (secondary N) is 1. The highest BCUT2D eigenvalue weighted by Gasteiger charge is 2.39. The molecule has 39 heavy (non-hydrogen) atoms. The summed E-state index contributed by atoms with van der Waals surface area (Å²) >= 11 is 0. The van der Waals surface area contributed by atoms with Crippen molar-refractivity contribution in [2.24, 2.45) is 5.73 Å². The quantitative estimate of drug-likeness (QED) is 0.0952. The van der Waals surface area contributed by atoms with Gasteiger partial charge in [-0.15, -0.1) is 0 Å². The minimum Gasteiger partial charge on any atom is -0.349 e. The number of rotatable bonds is 25. The maximum atomic E-state index is 6.61. The van der Waals surface area contributed by atoms with Crippen LogP contribution in [-0.2, 0) is 14.9 Å². The highest BCUT2D eigenvalue weighted by molar-refractivity contribution is 5.26. The first-order chi connectivity index (χ1) is 19.2. The lowest BCUT2D eigenvalue weighted by atomic mass is 9.69. The summed E-state index contributed by atoms with van der Waals surface area (Å²) < 4.78 is 13.2. The van der Waals surface area contributed by atoms with Crippen LogP contribution in [0.15, 0.2) is 30.3 Å². The molecule has 3 N–H and O–H groups in total. The maximum absolute atomic E-state index is 6.61. The van der Waals surface area contributed by atoms with Crippen molar-refractivity contribution in [3.05, 3.63) is 35.9 Å². The van der Waals surface area contributed by atoms with Gasteiger partial charge in [-0.3, -0.25) is 0 Å². The van der Waals surface area contributed by atoms with Gasteiger partial charge in [0, 0.05) is 13.0 Å². The first-order valence-corrected chi connectivity index (χ1v) is 16.9. The first kappa shape index (κ1) is 34.3. The lowest BCUT2D eigenvalue weighted by molar-refractivity contribution is -0.237. The Morgan fingerprint density at radius 1 is 0.692 bits per heavy atom. The van der Waals surface area contributed by atoms with E-state index < -0.39 is 5.79 Å². The molecule has 226 valence electrons. The smallest absolute Gasteiger partial charge is 0.180 e. The molecule has 1 aromatic carbocycles. The van der Waals surface area contributed by atoms with Gasteiger partial charge < -0.3 is 20.5 Å². The van der Waals surface area contributed by atoms with Gasteiger partial charge >= 0.3 is 0 Å². The average molecular weight is 545 g/mol. The highest BCUT2D eigenvalue weighted by Crippen LogP contribution is 2.40. The van der Waals surface area contributed by atoms with Crippen molar-refractivity contribution in [2.45, 2.75) is 153 Å². The van der Waals surface area contributed by atoms with E-state index in [1.807, 2.05) is 0 Å². The van der Waals surface area contributed by atoms with Gasteiger partial charge in [0.25, 0.3) is 0 Å². The molecule has 2 rings (SSSR count). The van der Waals surface area contributed by atoms with E-state index in [4.69, 9.17) is 15.2 Å². The molecule has 0 bridgehead atoms. The Labute approximate surface area is 242 Å². The van der Waals surface area contributed by atoms with Gasteiger partial charge in [-0.25, -0.2) is 0 Å². The Bertz CT molecular complexity index is 652. The first-order valence-electron chi connectivity index (χ1n) is 16.9. The Hall–Kier alpha value is -0.940. The third kappa shape index (κ3) is 14.0. The summed E-state index contributed by atoms with van der Waals surface area (Å²) in [5.74, 6) is -0.658. The second-order valence-electron chi connectivity index (χ2n) is 12.2. The predicted molar refractivity (Wildman–Crippen MR) is 168 cm³/mol. The van der Waals surface area contributed by atoms with Crippen LogP contribution in [0, 0.1) is 0 Å². The van der Waals surface area contributed by atoms with E-state index in [2.05, 4.69) is 49.5 Å². The molecular weight excluding hydrogens is 480 g/mol. The van der Waals surface area contributed by atoms with Crippen molar-refractivity contribution in [1.82, 2.24) is 5.32 Å². The number of nitrogens with two attached hydrogens (primary N) is 1. The molecule has 0 aromatic heterocycles. The number of unbranched alkanes of at least 4 members (excludes halogenated alkanes) is 14. The van der Waals surface area contributed by atoms with E-state index in [-0.39, 0.29) is 5.41 Å². The van der Waals surface area contributed by atoms with Crippen molar-refractivity contribution in [3.8, 4) is 0 Å². The molecule has 0 aliphatic carbocycles. The van der Waals surface area contributed by atoms with Crippen LogP contribution in [0.1, 0.15) is 148 Å². The average Bonchev–Trinajstić information content (AvgIpc) is 2.99. The monoisotopic (exact) mass is 544 g/mol. The molecule has 1 heterocycles. The summed E-state index contributed by atoms with van der Waals surface area (Å²) in [7, 11) is 0. The summed E-state index contributed by atoms with van der Waals surface area (Å²) in [4.78, 5) is 0. The molecular formula is C35H64N2O2. The van der Waals surface area contributed by atoms with Crippen LogP contribution >= 0.6 is 0 Å². The summed E-state index contributed by atoms with van der Waals surface area (Å²) in [5, 5.41) is 3.57. The van der Waals surface area contributed by atoms with E-state index in [9.17, 15) is 0 Å². The Morgan fingerprint density at radius 2 is 1.15 bits per heavy atom. The molecule has 1 fully saturated rings. The summed E-state index contributed by atoms with van der Waals surface area (Å²) in [5.41, 5.74) is 8.10. The normalized spacial score (nSPS) is 15.6. The van der Waals surface area contributed by atoms with Crippen LogP contribution in [0.4, 0.5) is 0 Å². The molecule has 0 radical (unpaired) electrons. The zero-order valence-electron chi connectivity index (χ0n) is 26.0. The zero-order chi connectivity index (χ0) is 27.9. The molecule has 0 unspecified atom stereocenters. The van der Waals surface area contributed by atoms with E-state index in [0.717, 1.165) is 64.8 Å². The minimum absolute atomic E-state index is 0.177. The minimum atomic E-state index is -0.658. The van der Waals surface area contributed by atoms with Crippen LogP contribution in [0.2, 0.25) is 0 Å². The van der Waals surface area contributed by atoms with Crippen LogP contribution < -0.4 is 11.1 Å². The lowest BCUT2D eigenvalue weighted by Gasteiger charge is -2.42. The fourth-order valence-corrected chi connectivity index (χ4v) is 6.20. The summed E-state index contributed by atoms with van der Waals surface area (Å²) in [6.07, 6.45) is 25.2.